The number of fused-ring (bicyclic) bond motifs is 1. The molecule has 0 saturated carbocycles. The molecule has 0 saturated heterocycles. The number of thioether (sulfide) groups is 1. The summed E-state index contributed by atoms with van der Waals surface area (Å²) in [6.07, 6.45) is 5.29. The summed E-state index contributed by atoms with van der Waals surface area (Å²) < 4.78 is 10.9. The molecule has 0 bridgehead atoms. The molecule has 152 valence electrons. The highest BCUT2D eigenvalue weighted by Gasteiger charge is 2.24. The first-order valence-corrected chi connectivity index (χ1v) is 10.4. The third kappa shape index (κ3) is 7.26. The highest BCUT2D eigenvalue weighted by atomic mass is 32.2. The van der Waals surface area contributed by atoms with E-state index in [1.54, 1.807) is 38.7 Å². The predicted octanol–water partition coefficient (Wildman–Crippen LogP) is 3.21. The number of carbonyl (C=O) groups excluding carboxylic acids is 2. The van der Waals surface area contributed by atoms with Crippen LogP contribution in [0.15, 0.2) is 34.9 Å². The fourth-order valence-electron chi connectivity index (χ4n) is 2.42. The van der Waals surface area contributed by atoms with Gasteiger partial charge in [0.2, 0.25) is 0 Å². The number of ether oxygens (including phenoxy) is 2. The Labute approximate surface area is 169 Å². The Morgan fingerprint density at radius 3 is 2.82 bits per heavy atom. The van der Waals surface area contributed by atoms with Crippen LogP contribution in [0.1, 0.15) is 32.8 Å². The molecule has 0 fully saturated rings. The Morgan fingerprint density at radius 1 is 1.36 bits per heavy atom. The molecule has 7 nitrogen and oxygen atoms in total. The van der Waals surface area contributed by atoms with Crippen LogP contribution < -0.4 is 15.5 Å². The maximum atomic E-state index is 12.4. The summed E-state index contributed by atoms with van der Waals surface area (Å²) in [6.45, 7) is 5.69. The minimum atomic E-state index is -0.725. The topological polar surface area (TPSA) is 89.0 Å². The van der Waals surface area contributed by atoms with Gasteiger partial charge in [0, 0.05) is 11.1 Å². The van der Waals surface area contributed by atoms with Crippen LogP contribution in [0.3, 0.4) is 0 Å². The third-order valence-electron chi connectivity index (χ3n) is 3.68. The minimum Gasteiger partial charge on any atom is -0.488 e. The average Bonchev–Trinajstić information content (AvgIpc) is 2.63. The molecule has 2 rings (SSSR count). The van der Waals surface area contributed by atoms with Crippen molar-refractivity contribution in [3.05, 3.63) is 35.4 Å². The maximum Gasteiger partial charge on any atom is 0.408 e. The number of benzene rings is 1. The number of hydrogen-bond acceptors (Lipinski definition) is 6. The van der Waals surface area contributed by atoms with Crippen LogP contribution in [0, 0.1) is 0 Å². The number of alkyl carbamates (subject to hydrolysis) is 1. The monoisotopic (exact) mass is 405 g/mol. The van der Waals surface area contributed by atoms with E-state index in [4.69, 9.17) is 9.47 Å². The number of nitrogens with one attached hydrogen (secondary N) is 2. The van der Waals surface area contributed by atoms with E-state index in [0.717, 1.165) is 16.9 Å². The zero-order valence-electron chi connectivity index (χ0n) is 16.7. The van der Waals surface area contributed by atoms with Crippen LogP contribution in [0.25, 0.3) is 6.08 Å². The van der Waals surface area contributed by atoms with E-state index in [2.05, 4.69) is 15.8 Å². The smallest absolute Gasteiger partial charge is 0.408 e. The minimum absolute atomic E-state index is 0.377. The first-order chi connectivity index (χ1) is 13.3. The Balaban J connectivity index is 1.94. The number of amides is 2. The Kier molecular flexibility index (Phi) is 7.92. The lowest BCUT2D eigenvalue weighted by Gasteiger charge is -2.22. The lowest BCUT2D eigenvalue weighted by Crippen LogP contribution is -2.47. The Morgan fingerprint density at radius 2 is 2.11 bits per heavy atom. The van der Waals surface area contributed by atoms with Crippen LogP contribution >= 0.6 is 11.8 Å². The fourth-order valence-corrected chi connectivity index (χ4v) is 2.89. The number of carbonyl (C=O) groups is 2. The normalized spacial score (nSPS) is 14.5. The quantitative estimate of drug-likeness (QED) is 0.537. The van der Waals surface area contributed by atoms with E-state index < -0.39 is 23.6 Å². The molecule has 0 unspecified atom stereocenters. The lowest BCUT2D eigenvalue weighted by atomic mass is 10.1. The van der Waals surface area contributed by atoms with E-state index in [-0.39, 0.29) is 0 Å². The first kappa shape index (κ1) is 21.8. The molecule has 0 spiro atoms. The second kappa shape index (κ2) is 10.2. The van der Waals surface area contributed by atoms with Crippen molar-refractivity contribution >= 4 is 36.1 Å². The van der Waals surface area contributed by atoms with Gasteiger partial charge in [0.15, 0.2) is 0 Å². The molecule has 1 aromatic carbocycles. The van der Waals surface area contributed by atoms with Crippen molar-refractivity contribution in [3.63, 3.8) is 0 Å². The number of rotatable bonds is 7. The molecule has 0 aromatic heterocycles. The zero-order valence-corrected chi connectivity index (χ0v) is 17.5. The first-order valence-electron chi connectivity index (χ1n) is 9.02. The standard InChI is InChI=1S/C20H27N3O4S/c1-20(2,3)27-19(25)22-16(9-10-28-4)18(24)23-21-12-14-11-15-7-5-6-8-17(15)26-13-14/h5-8,11-12,16H,9-10,13H2,1-4H3,(H,22,25)(H,23,24)/b21-12-/t16-/m0/s1. The molecule has 2 N–H and O–H groups in total. The summed E-state index contributed by atoms with van der Waals surface area (Å²) >= 11 is 1.59. The van der Waals surface area contributed by atoms with Gasteiger partial charge < -0.3 is 14.8 Å². The third-order valence-corrected chi connectivity index (χ3v) is 4.32. The van der Waals surface area contributed by atoms with Gasteiger partial charge in [-0.05, 0) is 51.3 Å². The van der Waals surface area contributed by atoms with Gasteiger partial charge in [-0.25, -0.2) is 10.2 Å². The Hall–Kier alpha value is -2.48. The molecule has 1 heterocycles. The summed E-state index contributed by atoms with van der Waals surface area (Å²) in [5.41, 5.74) is 3.65. The van der Waals surface area contributed by atoms with E-state index in [0.29, 0.717) is 18.8 Å². The van der Waals surface area contributed by atoms with Gasteiger partial charge in [0.05, 0.1) is 6.21 Å². The largest absolute Gasteiger partial charge is 0.488 e. The Bertz CT molecular complexity index is 756. The SMILES string of the molecule is CSCC[C@H](NC(=O)OC(C)(C)C)C(=O)N/N=C\C1=Cc2ccccc2OC1. The van der Waals surface area contributed by atoms with Crippen molar-refractivity contribution in [2.45, 2.75) is 38.8 Å². The van der Waals surface area contributed by atoms with Gasteiger partial charge in [0.1, 0.15) is 24.0 Å². The van der Waals surface area contributed by atoms with Gasteiger partial charge in [-0.3, -0.25) is 4.79 Å². The van der Waals surface area contributed by atoms with Crippen molar-refractivity contribution in [2.24, 2.45) is 5.10 Å². The molecule has 1 atom stereocenters. The lowest BCUT2D eigenvalue weighted by molar-refractivity contribution is -0.123. The van der Waals surface area contributed by atoms with E-state index in [9.17, 15) is 9.59 Å². The summed E-state index contributed by atoms with van der Waals surface area (Å²) in [6, 6.07) is 6.97. The molecular weight excluding hydrogens is 378 g/mol. The number of hydrogen-bond donors (Lipinski definition) is 2. The van der Waals surface area contributed by atoms with Crippen molar-refractivity contribution in [2.75, 3.05) is 18.6 Å². The number of hydrazone groups is 1. The maximum absolute atomic E-state index is 12.4. The van der Waals surface area contributed by atoms with Gasteiger partial charge in [-0.2, -0.15) is 16.9 Å². The molecule has 1 aliphatic heterocycles. The van der Waals surface area contributed by atoms with Gasteiger partial charge >= 0.3 is 6.09 Å². The van der Waals surface area contributed by atoms with Gasteiger partial charge in [0.25, 0.3) is 5.91 Å². The van der Waals surface area contributed by atoms with Crippen LogP contribution in [0.4, 0.5) is 4.79 Å². The molecule has 8 heteroatoms. The van der Waals surface area contributed by atoms with E-state index in [1.165, 1.54) is 0 Å². The molecule has 28 heavy (non-hydrogen) atoms. The summed E-state index contributed by atoms with van der Waals surface area (Å²) in [4.78, 5) is 24.4. The molecule has 2 amide bonds. The predicted molar refractivity (Wildman–Crippen MR) is 113 cm³/mol. The molecule has 0 radical (unpaired) electrons. The second-order valence-electron chi connectivity index (χ2n) is 7.26. The highest BCUT2D eigenvalue weighted by molar-refractivity contribution is 7.98. The van der Waals surface area contributed by atoms with Crippen LogP contribution in [0.5, 0.6) is 5.75 Å². The highest BCUT2D eigenvalue weighted by Crippen LogP contribution is 2.24. The summed E-state index contributed by atoms with van der Waals surface area (Å²) in [5, 5.41) is 6.62. The molecular formula is C20H27N3O4S. The molecule has 0 aliphatic carbocycles. The van der Waals surface area contributed by atoms with E-state index >= 15 is 0 Å². The zero-order chi connectivity index (χ0) is 20.6. The van der Waals surface area contributed by atoms with Crippen molar-refractivity contribution in [1.82, 2.24) is 10.7 Å². The summed E-state index contributed by atoms with van der Waals surface area (Å²) in [7, 11) is 0. The molecule has 1 aromatic rings. The second-order valence-corrected chi connectivity index (χ2v) is 8.25. The summed E-state index contributed by atoms with van der Waals surface area (Å²) in [5.74, 6) is 1.14. The van der Waals surface area contributed by atoms with Crippen LogP contribution in [0.2, 0.25) is 0 Å². The van der Waals surface area contributed by atoms with Crippen molar-refractivity contribution < 1.29 is 19.1 Å². The number of nitrogens with zero attached hydrogens (tertiary/aromatic N) is 1. The number of para-hydroxylation sites is 1. The average molecular weight is 406 g/mol. The van der Waals surface area contributed by atoms with Gasteiger partial charge in [-0.1, -0.05) is 18.2 Å². The molecule has 1 aliphatic rings. The van der Waals surface area contributed by atoms with Crippen LogP contribution in [-0.4, -0.2) is 48.5 Å². The fraction of sp³-hybridized carbons (Fsp3) is 0.450. The van der Waals surface area contributed by atoms with Crippen molar-refractivity contribution in [1.29, 1.82) is 0 Å². The van der Waals surface area contributed by atoms with E-state index in [1.807, 2.05) is 36.6 Å². The van der Waals surface area contributed by atoms with Crippen LogP contribution in [-0.2, 0) is 9.53 Å². The van der Waals surface area contributed by atoms with Gasteiger partial charge in [-0.15, -0.1) is 0 Å². The van der Waals surface area contributed by atoms with Crippen molar-refractivity contribution in [3.8, 4) is 5.75 Å².